The summed E-state index contributed by atoms with van der Waals surface area (Å²) in [6, 6.07) is 0.939. The van der Waals surface area contributed by atoms with Crippen LogP contribution in [0.2, 0.25) is 0 Å². The molecule has 1 aliphatic heterocycles. The third kappa shape index (κ3) is 3.33. The lowest BCUT2D eigenvalue weighted by atomic mass is 9.88. The van der Waals surface area contributed by atoms with Gasteiger partial charge >= 0.3 is 0 Å². The van der Waals surface area contributed by atoms with Crippen LogP contribution in [0.25, 0.3) is 0 Å². The minimum absolute atomic E-state index is 0.247. The van der Waals surface area contributed by atoms with Crippen molar-refractivity contribution in [3.8, 4) is 0 Å². The molecule has 4 aliphatic rings. The molecular formula is C21H34N2O2. The minimum Gasteiger partial charge on any atom is -0.356 e. The molecule has 1 saturated heterocycles. The standard InChI is InChI=1S/C21H34N2O2/c1-14-11-19-17(12-20(24)23(19)16-9-3-2-4-10-16)18(14)13-22-21(25)15-7-5-6-8-15/h14-19H,2-13H2,1H3,(H,22,25)/t14-,17-,18+,19+/m0/s1. The maximum Gasteiger partial charge on any atom is 0.223 e. The van der Waals surface area contributed by atoms with Crippen molar-refractivity contribution < 1.29 is 9.59 Å². The molecule has 4 atom stereocenters. The van der Waals surface area contributed by atoms with Crippen molar-refractivity contribution in [1.82, 2.24) is 10.2 Å². The average molecular weight is 347 g/mol. The van der Waals surface area contributed by atoms with Gasteiger partial charge in [-0.2, -0.15) is 0 Å². The van der Waals surface area contributed by atoms with Crippen molar-refractivity contribution in [3.63, 3.8) is 0 Å². The molecule has 25 heavy (non-hydrogen) atoms. The Hall–Kier alpha value is -1.06. The van der Waals surface area contributed by atoms with Crippen LogP contribution in [-0.4, -0.2) is 35.3 Å². The van der Waals surface area contributed by atoms with Crippen LogP contribution in [0, 0.1) is 23.7 Å². The number of carbonyl (C=O) groups excluding carboxylic acids is 2. The van der Waals surface area contributed by atoms with Crippen LogP contribution >= 0.6 is 0 Å². The van der Waals surface area contributed by atoms with Crippen molar-refractivity contribution in [2.75, 3.05) is 6.54 Å². The second-order valence-electron chi connectivity index (χ2n) is 9.13. The maximum atomic E-state index is 12.7. The van der Waals surface area contributed by atoms with Crippen LogP contribution < -0.4 is 5.32 Å². The summed E-state index contributed by atoms with van der Waals surface area (Å²) in [6.45, 7) is 3.11. The van der Waals surface area contributed by atoms with E-state index in [1.807, 2.05) is 0 Å². The molecule has 0 spiro atoms. The summed E-state index contributed by atoms with van der Waals surface area (Å²) in [7, 11) is 0. The fourth-order valence-corrected chi connectivity index (χ4v) is 6.27. The van der Waals surface area contributed by atoms with Crippen LogP contribution in [-0.2, 0) is 9.59 Å². The molecule has 4 rings (SSSR count). The van der Waals surface area contributed by atoms with Gasteiger partial charge in [-0.05, 0) is 49.9 Å². The normalized spacial score (nSPS) is 36.8. The van der Waals surface area contributed by atoms with E-state index in [-0.39, 0.29) is 11.8 Å². The number of amides is 2. The molecule has 2 amide bonds. The highest BCUT2D eigenvalue weighted by molar-refractivity contribution is 5.80. The van der Waals surface area contributed by atoms with Crippen molar-refractivity contribution in [2.45, 2.75) is 89.6 Å². The van der Waals surface area contributed by atoms with E-state index in [4.69, 9.17) is 0 Å². The Morgan fingerprint density at radius 2 is 1.76 bits per heavy atom. The molecule has 1 N–H and O–H groups in total. The van der Waals surface area contributed by atoms with Gasteiger partial charge in [-0.3, -0.25) is 9.59 Å². The smallest absolute Gasteiger partial charge is 0.223 e. The number of carbonyl (C=O) groups is 2. The van der Waals surface area contributed by atoms with Crippen molar-refractivity contribution in [3.05, 3.63) is 0 Å². The number of rotatable bonds is 4. The first-order valence-electron chi connectivity index (χ1n) is 10.7. The van der Waals surface area contributed by atoms with Crippen molar-refractivity contribution in [1.29, 1.82) is 0 Å². The van der Waals surface area contributed by atoms with E-state index >= 15 is 0 Å². The zero-order valence-corrected chi connectivity index (χ0v) is 15.7. The Morgan fingerprint density at radius 1 is 1.08 bits per heavy atom. The van der Waals surface area contributed by atoms with E-state index in [0.29, 0.717) is 35.7 Å². The molecule has 0 aromatic rings. The van der Waals surface area contributed by atoms with E-state index in [1.54, 1.807) is 0 Å². The molecule has 3 aliphatic carbocycles. The minimum atomic E-state index is 0.247. The lowest BCUT2D eigenvalue weighted by molar-refractivity contribution is -0.132. The molecule has 0 bridgehead atoms. The first-order chi connectivity index (χ1) is 12.1. The quantitative estimate of drug-likeness (QED) is 0.847. The summed E-state index contributed by atoms with van der Waals surface area (Å²) >= 11 is 0. The largest absolute Gasteiger partial charge is 0.356 e. The summed E-state index contributed by atoms with van der Waals surface area (Å²) in [4.78, 5) is 27.4. The lowest BCUT2D eigenvalue weighted by Crippen LogP contribution is -2.43. The Morgan fingerprint density at radius 3 is 2.48 bits per heavy atom. The molecule has 0 unspecified atom stereocenters. The predicted octanol–water partition coefficient (Wildman–Crippen LogP) is 3.50. The highest BCUT2D eigenvalue weighted by Gasteiger charge is 2.52. The summed E-state index contributed by atoms with van der Waals surface area (Å²) in [5, 5.41) is 3.25. The van der Waals surface area contributed by atoms with Gasteiger partial charge in [0.25, 0.3) is 0 Å². The number of fused-ring (bicyclic) bond motifs is 1. The predicted molar refractivity (Wildman–Crippen MR) is 97.9 cm³/mol. The second kappa shape index (κ2) is 7.28. The average Bonchev–Trinajstić information content (AvgIpc) is 3.30. The van der Waals surface area contributed by atoms with E-state index in [9.17, 15) is 9.59 Å². The third-order valence-corrected chi connectivity index (χ3v) is 7.65. The van der Waals surface area contributed by atoms with E-state index in [0.717, 1.165) is 32.2 Å². The van der Waals surface area contributed by atoms with E-state index in [1.165, 1.54) is 44.9 Å². The highest BCUT2D eigenvalue weighted by Crippen LogP contribution is 2.47. The molecule has 3 saturated carbocycles. The Bertz CT molecular complexity index is 508. The van der Waals surface area contributed by atoms with E-state index in [2.05, 4.69) is 17.1 Å². The molecular weight excluding hydrogens is 312 g/mol. The molecule has 4 heteroatoms. The molecule has 0 aromatic heterocycles. The fraction of sp³-hybridized carbons (Fsp3) is 0.905. The van der Waals surface area contributed by atoms with Crippen molar-refractivity contribution in [2.24, 2.45) is 23.7 Å². The zero-order chi connectivity index (χ0) is 17.4. The summed E-state index contributed by atoms with van der Waals surface area (Å²) in [6.07, 6.45) is 12.7. The van der Waals surface area contributed by atoms with Crippen LogP contribution in [0.3, 0.4) is 0 Å². The first-order valence-corrected chi connectivity index (χ1v) is 10.7. The van der Waals surface area contributed by atoms with E-state index < -0.39 is 0 Å². The Labute approximate surface area is 152 Å². The SMILES string of the molecule is C[C@H]1C[C@@H]2[C@@H](CC(=O)N2C2CCCCC2)[C@@H]1CNC(=O)C1CCCC1. The first kappa shape index (κ1) is 17.4. The van der Waals surface area contributed by atoms with Gasteiger partial charge in [-0.25, -0.2) is 0 Å². The van der Waals surface area contributed by atoms with Gasteiger partial charge in [0, 0.05) is 31.0 Å². The Kier molecular flexibility index (Phi) is 5.06. The molecule has 1 heterocycles. The zero-order valence-electron chi connectivity index (χ0n) is 15.7. The van der Waals surface area contributed by atoms with Crippen LogP contribution in [0.15, 0.2) is 0 Å². The van der Waals surface area contributed by atoms with Gasteiger partial charge in [0.1, 0.15) is 0 Å². The molecule has 4 fully saturated rings. The van der Waals surface area contributed by atoms with Crippen LogP contribution in [0.1, 0.15) is 77.6 Å². The maximum absolute atomic E-state index is 12.7. The second-order valence-corrected chi connectivity index (χ2v) is 9.13. The summed E-state index contributed by atoms with van der Waals surface area (Å²) < 4.78 is 0. The number of nitrogens with zero attached hydrogens (tertiary/aromatic N) is 1. The monoisotopic (exact) mass is 346 g/mol. The molecule has 0 radical (unpaired) electrons. The fourth-order valence-electron chi connectivity index (χ4n) is 6.27. The topological polar surface area (TPSA) is 49.4 Å². The van der Waals surface area contributed by atoms with Crippen molar-refractivity contribution >= 4 is 11.8 Å². The van der Waals surface area contributed by atoms with Crippen LogP contribution in [0.5, 0.6) is 0 Å². The number of hydrogen-bond donors (Lipinski definition) is 1. The summed E-state index contributed by atoms with van der Waals surface area (Å²) in [5.74, 6) is 2.46. The number of nitrogens with one attached hydrogen (secondary N) is 1. The van der Waals surface area contributed by atoms with Gasteiger partial charge in [-0.15, -0.1) is 0 Å². The Balaban J connectivity index is 1.38. The number of hydrogen-bond acceptors (Lipinski definition) is 2. The third-order valence-electron chi connectivity index (χ3n) is 7.65. The lowest BCUT2D eigenvalue weighted by Gasteiger charge is -2.35. The molecule has 140 valence electrons. The van der Waals surface area contributed by atoms with Gasteiger partial charge in [0.15, 0.2) is 0 Å². The van der Waals surface area contributed by atoms with Gasteiger partial charge < -0.3 is 10.2 Å². The molecule has 0 aromatic carbocycles. The van der Waals surface area contributed by atoms with Crippen LogP contribution in [0.4, 0.5) is 0 Å². The number of likely N-dealkylation sites (tertiary alicyclic amines) is 1. The summed E-state index contributed by atoms with van der Waals surface area (Å²) in [5.41, 5.74) is 0. The van der Waals surface area contributed by atoms with Gasteiger partial charge in [0.05, 0.1) is 0 Å². The molecule has 4 nitrogen and oxygen atoms in total. The van der Waals surface area contributed by atoms with Gasteiger partial charge in [0.2, 0.25) is 11.8 Å². The van der Waals surface area contributed by atoms with Gasteiger partial charge in [-0.1, -0.05) is 39.0 Å². The highest BCUT2D eigenvalue weighted by atomic mass is 16.2.